The molecule has 3 aromatic rings. The van der Waals surface area contributed by atoms with Crippen molar-refractivity contribution in [3.05, 3.63) is 47.0 Å². The van der Waals surface area contributed by atoms with Crippen LogP contribution in [0.2, 0.25) is 5.02 Å². The number of benzene rings is 2. The van der Waals surface area contributed by atoms with Crippen molar-refractivity contribution in [3.63, 3.8) is 0 Å². The molecule has 1 aromatic heterocycles. The van der Waals surface area contributed by atoms with Crippen LogP contribution in [0.25, 0.3) is 16.3 Å². The standard InChI is InChI=1S/C23H24ClN3O4S.ClH/c1-26(2)11-4-12-27(23-25-21-18(29-3)9-7-16(24)22(21)32-23)20(28)10-6-15-5-8-17-19(13-15)31-14-30-17;/h5-10,13H,4,11-12,14H2,1-3H3;1H. The van der Waals surface area contributed by atoms with Gasteiger partial charge >= 0.3 is 0 Å². The summed E-state index contributed by atoms with van der Waals surface area (Å²) in [4.78, 5) is 21.7. The maximum Gasteiger partial charge on any atom is 0.252 e. The molecular formula is C23H25Cl2N3O4S. The topological polar surface area (TPSA) is 64.1 Å². The summed E-state index contributed by atoms with van der Waals surface area (Å²) in [5, 5.41) is 1.17. The summed E-state index contributed by atoms with van der Waals surface area (Å²) in [7, 11) is 5.61. The minimum atomic E-state index is -0.157. The zero-order valence-electron chi connectivity index (χ0n) is 18.5. The van der Waals surface area contributed by atoms with Crippen LogP contribution < -0.4 is 19.1 Å². The molecular weight excluding hydrogens is 485 g/mol. The SMILES string of the molecule is COc1ccc(Cl)c2sc(N(CCCN(C)C)C(=O)C=Cc3ccc4c(c3)OCO4)nc12.Cl. The molecule has 0 unspecified atom stereocenters. The van der Waals surface area contributed by atoms with Gasteiger partial charge in [0.1, 0.15) is 11.3 Å². The summed E-state index contributed by atoms with van der Waals surface area (Å²) in [5.74, 6) is 1.86. The molecule has 0 saturated heterocycles. The predicted molar refractivity (Wildman–Crippen MR) is 136 cm³/mol. The fourth-order valence-corrected chi connectivity index (χ4v) is 4.63. The Morgan fingerprint density at radius 2 is 2.00 bits per heavy atom. The van der Waals surface area contributed by atoms with Gasteiger partial charge in [-0.15, -0.1) is 12.4 Å². The molecule has 1 aliphatic heterocycles. The molecule has 7 nitrogen and oxygen atoms in total. The first-order chi connectivity index (χ1) is 15.5. The van der Waals surface area contributed by atoms with Crippen LogP contribution in [0.3, 0.4) is 0 Å². The number of hydrogen-bond acceptors (Lipinski definition) is 7. The van der Waals surface area contributed by atoms with Gasteiger partial charge in [0.2, 0.25) is 6.79 Å². The van der Waals surface area contributed by atoms with Gasteiger partial charge in [-0.1, -0.05) is 29.0 Å². The Hall–Kier alpha value is -2.52. The van der Waals surface area contributed by atoms with Crippen molar-refractivity contribution in [1.29, 1.82) is 0 Å². The number of rotatable bonds is 8. The lowest BCUT2D eigenvalue weighted by atomic mass is 10.2. The molecule has 0 fully saturated rings. The molecule has 4 rings (SSSR count). The van der Waals surface area contributed by atoms with Gasteiger partial charge in [-0.3, -0.25) is 9.69 Å². The summed E-state index contributed by atoms with van der Waals surface area (Å²) in [6.45, 7) is 1.59. The van der Waals surface area contributed by atoms with E-state index >= 15 is 0 Å². The Labute approximate surface area is 207 Å². The van der Waals surface area contributed by atoms with Crippen LogP contribution in [-0.2, 0) is 4.79 Å². The third-order valence-electron chi connectivity index (χ3n) is 4.97. The van der Waals surface area contributed by atoms with Crippen LogP contribution in [0.4, 0.5) is 5.13 Å². The molecule has 10 heteroatoms. The smallest absolute Gasteiger partial charge is 0.252 e. The second-order valence-corrected chi connectivity index (χ2v) is 8.90. The molecule has 2 heterocycles. The van der Waals surface area contributed by atoms with Crippen molar-refractivity contribution in [3.8, 4) is 17.2 Å². The summed E-state index contributed by atoms with van der Waals surface area (Å²) >= 11 is 7.77. The Bertz CT molecular complexity index is 1170. The van der Waals surface area contributed by atoms with E-state index in [0.717, 1.165) is 23.2 Å². The third-order valence-corrected chi connectivity index (χ3v) is 6.50. The largest absolute Gasteiger partial charge is 0.494 e. The highest BCUT2D eigenvalue weighted by Crippen LogP contribution is 2.39. The van der Waals surface area contributed by atoms with E-state index in [0.29, 0.717) is 39.5 Å². The van der Waals surface area contributed by atoms with Crippen molar-refractivity contribution in [2.45, 2.75) is 6.42 Å². The summed E-state index contributed by atoms with van der Waals surface area (Å²) in [5.41, 5.74) is 1.51. The van der Waals surface area contributed by atoms with Gasteiger partial charge in [-0.05, 0) is 63.0 Å². The second kappa shape index (κ2) is 11.1. The fraction of sp³-hybridized carbons (Fsp3) is 0.304. The van der Waals surface area contributed by atoms with Crippen LogP contribution in [0.5, 0.6) is 17.2 Å². The third kappa shape index (κ3) is 5.70. The molecule has 0 bridgehead atoms. The van der Waals surface area contributed by atoms with E-state index in [-0.39, 0.29) is 25.1 Å². The fourth-order valence-electron chi connectivity index (χ4n) is 3.34. The van der Waals surface area contributed by atoms with Crippen LogP contribution in [0.1, 0.15) is 12.0 Å². The number of methoxy groups -OCH3 is 1. The molecule has 33 heavy (non-hydrogen) atoms. The van der Waals surface area contributed by atoms with Crippen molar-refractivity contribution in [1.82, 2.24) is 9.88 Å². The van der Waals surface area contributed by atoms with E-state index in [1.807, 2.05) is 32.3 Å². The highest BCUT2D eigenvalue weighted by atomic mass is 35.5. The zero-order valence-corrected chi connectivity index (χ0v) is 20.9. The van der Waals surface area contributed by atoms with Crippen LogP contribution in [-0.4, -0.2) is 56.9 Å². The van der Waals surface area contributed by atoms with E-state index in [1.54, 1.807) is 36.3 Å². The van der Waals surface area contributed by atoms with E-state index in [9.17, 15) is 4.79 Å². The average molecular weight is 510 g/mol. The summed E-state index contributed by atoms with van der Waals surface area (Å²) in [6.07, 6.45) is 4.12. The van der Waals surface area contributed by atoms with Crippen molar-refractivity contribution in [2.24, 2.45) is 0 Å². The molecule has 0 atom stereocenters. The molecule has 1 aliphatic rings. The number of hydrogen-bond donors (Lipinski definition) is 0. The summed E-state index contributed by atoms with van der Waals surface area (Å²) in [6, 6.07) is 9.14. The van der Waals surface area contributed by atoms with Crippen LogP contribution >= 0.6 is 35.3 Å². The minimum absolute atomic E-state index is 0. The number of ether oxygens (including phenoxy) is 3. The Kier molecular flexibility index (Phi) is 8.42. The minimum Gasteiger partial charge on any atom is -0.494 e. The zero-order chi connectivity index (χ0) is 22.7. The molecule has 0 N–H and O–H groups in total. The Balaban J connectivity index is 0.00000306. The number of nitrogens with zero attached hydrogens (tertiary/aromatic N) is 3. The monoisotopic (exact) mass is 509 g/mol. The number of anilines is 1. The van der Waals surface area contributed by atoms with E-state index in [4.69, 9.17) is 30.8 Å². The maximum absolute atomic E-state index is 13.2. The van der Waals surface area contributed by atoms with E-state index in [2.05, 4.69) is 4.90 Å². The molecule has 0 aliphatic carbocycles. The molecule has 0 saturated carbocycles. The maximum atomic E-state index is 13.2. The summed E-state index contributed by atoms with van der Waals surface area (Å²) < 4.78 is 17.0. The first-order valence-corrected chi connectivity index (χ1v) is 11.3. The van der Waals surface area contributed by atoms with Gasteiger partial charge in [0.25, 0.3) is 5.91 Å². The van der Waals surface area contributed by atoms with Crippen LogP contribution in [0, 0.1) is 0 Å². The number of carbonyl (C=O) groups excluding carboxylic acids is 1. The van der Waals surface area contributed by atoms with Crippen molar-refractivity contribution < 1.29 is 19.0 Å². The lowest BCUT2D eigenvalue weighted by Gasteiger charge is -2.19. The lowest BCUT2D eigenvalue weighted by Crippen LogP contribution is -2.32. The van der Waals surface area contributed by atoms with Crippen LogP contribution in [0.15, 0.2) is 36.4 Å². The van der Waals surface area contributed by atoms with Crippen molar-refractivity contribution >= 4 is 62.7 Å². The van der Waals surface area contributed by atoms with Gasteiger partial charge < -0.3 is 19.1 Å². The normalized spacial score (nSPS) is 12.4. The highest BCUT2D eigenvalue weighted by molar-refractivity contribution is 7.23. The van der Waals surface area contributed by atoms with E-state index in [1.165, 1.54) is 11.3 Å². The molecule has 176 valence electrons. The molecule has 2 aromatic carbocycles. The first kappa shape index (κ1) is 25.1. The van der Waals surface area contributed by atoms with Gasteiger partial charge in [-0.2, -0.15) is 0 Å². The average Bonchev–Trinajstić information content (AvgIpc) is 3.42. The van der Waals surface area contributed by atoms with Gasteiger partial charge in [0, 0.05) is 12.6 Å². The first-order valence-electron chi connectivity index (χ1n) is 10.1. The van der Waals surface area contributed by atoms with Gasteiger partial charge in [-0.25, -0.2) is 4.98 Å². The van der Waals surface area contributed by atoms with Gasteiger partial charge in [0.15, 0.2) is 16.6 Å². The number of halogens is 2. The number of amides is 1. The Morgan fingerprint density at radius 3 is 2.76 bits per heavy atom. The van der Waals surface area contributed by atoms with Gasteiger partial charge in [0.05, 0.1) is 16.8 Å². The van der Waals surface area contributed by atoms with Crippen molar-refractivity contribution in [2.75, 3.05) is 46.0 Å². The lowest BCUT2D eigenvalue weighted by molar-refractivity contribution is -0.114. The molecule has 0 radical (unpaired) electrons. The Morgan fingerprint density at radius 1 is 1.21 bits per heavy atom. The number of fused-ring (bicyclic) bond motifs is 2. The quantitative estimate of drug-likeness (QED) is 0.393. The number of carbonyl (C=O) groups is 1. The second-order valence-electron chi connectivity index (χ2n) is 7.52. The number of aromatic nitrogens is 1. The van der Waals surface area contributed by atoms with E-state index < -0.39 is 0 Å². The predicted octanol–water partition coefficient (Wildman–Crippen LogP) is 5.11. The molecule has 1 amide bonds. The molecule has 0 spiro atoms. The number of thiazole rings is 1. The highest BCUT2D eigenvalue weighted by Gasteiger charge is 2.21.